The van der Waals surface area contributed by atoms with Crippen molar-refractivity contribution >= 4 is 0 Å². The molecule has 0 saturated heterocycles. The van der Waals surface area contributed by atoms with E-state index in [9.17, 15) is 0 Å². The average Bonchev–Trinajstić information content (AvgIpc) is 2.65. The molecule has 78 valence electrons. The molecule has 0 heterocycles. The van der Waals surface area contributed by atoms with Crippen LogP contribution >= 0.6 is 0 Å². The molecule has 0 radical (unpaired) electrons. The summed E-state index contributed by atoms with van der Waals surface area (Å²) in [6.45, 7) is 0. The predicted octanol–water partition coefficient (Wildman–Crippen LogP) is 2.10. The fourth-order valence-corrected chi connectivity index (χ4v) is 2.13. The van der Waals surface area contributed by atoms with Gasteiger partial charge < -0.3 is 9.47 Å². The number of ether oxygens (including phenoxy) is 2. The van der Waals surface area contributed by atoms with Gasteiger partial charge in [0.1, 0.15) is 0 Å². The van der Waals surface area contributed by atoms with Gasteiger partial charge in [0.15, 0.2) is 6.29 Å². The van der Waals surface area contributed by atoms with Gasteiger partial charge in [-0.1, -0.05) is 6.08 Å². The van der Waals surface area contributed by atoms with Crippen molar-refractivity contribution in [2.75, 3.05) is 14.2 Å². The molecular weight excluding hydrogens is 178 g/mol. The third-order valence-electron chi connectivity index (χ3n) is 2.81. The molecule has 2 unspecified atom stereocenters. The molecule has 3 nitrogen and oxygen atoms in total. The Labute approximate surface area is 85.3 Å². The highest BCUT2D eigenvalue weighted by Crippen LogP contribution is 2.34. The van der Waals surface area contributed by atoms with E-state index in [0.29, 0.717) is 11.8 Å². The van der Waals surface area contributed by atoms with E-state index in [1.807, 2.05) is 12.1 Å². The van der Waals surface area contributed by atoms with E-state index in [2.05, 4.69) is 0 Å². The number of nitrogens with zero attached hydrogens (tertiary/aromatic N) is 1. The van der Waals surface area contributed by atoms with E-state index in [0.717, 1.165) is 19.3 Å². The quantitative estimate of drug-likeness (QED) is 0.509. The van der Waals surface area contributed by atoms with Crippen LogP contribution in [-0.4, -0.2) is 20.5 Å². The van der Waals surface area contributed by atoms with Crippen molar-refractivity contribution in [3.8, 4) is 6.07 Å². The number of allylic oxidation sites excluding steroid dienone is 2. The SMILES string of the molecule is COC(OC)C1CCC(/C=C\C#N)C1. The van der Waals surface area contributed by atoms with Crippen molar-refractivity contribution in [3.63, 3.8) is 0 Å². The lowest BCUT2D eigenvalue weighted by Crippen LogP contribution is -2.22. The molecule has 14 heavy (non-hydrogen) atoms. The second-order valence-corrected chi connectivity index (χ2v) is 3.66. The molecule has 0 aromatic heterocycles. The molecule has 0 N–H and O–H groups in total. The molecule has 3 heteroatoms. The minimum absolute atomic E-state index is 0.0875. The first-order valence-electron chi connectivity index (χ1n) is 4.93. The van der Waals surface area contributed by atoms with Crippen LogP contribution in [0.1, 0.15) is 19.3 Å². The summed E-state index contributed by atoms with van der Waals surface area (Å²) in [5.41, 5.74) is 0. The fourth-order valence-electron chi connectivity index (χ4n) is 2.13. The Morgan fingerprint density at radius 2 is 2.07 bits per heavy atom. The Balaban J connectivity index is 2.40. The first-order chi connectivity index (χ1) is 6.81. The van der Waals surface area contributed by atoms with Gasteiger partial charge in [0.25, 0.3) is 0 Å². The molecule has 1 saturated carbocycles. The maximum absolute atomic E-state index is 8.41. The minimum Gasteiger partial charge on any atom is -0.356 e. The third-order valence-corrected chi connectivity index (χ3v) is 2.81. The van der Waals surface area contributed by atoms with E-state index in [1.165, 1.54) is 0 Å². The summed E-state index contributed by atoms with van der Waals surface area (Å²) in [6, 6.07) is 2.02. The second kappa shape index (κ2) is 5.79. The van der Waals surface area contributed by atoms with Gasteiger partial charge in [-0.25, -0.2) is 0 Å². The normalized spacial score (nSPS) is 27.3. The van der Waals surface area contributed by atoms with Crippen molar-refractivity contribution < 1.29 is 9.47 Å². The highest BCUT2D eigenvalue weighted by Gasteiger charge is 2.29. The van der Waals surface area contributed by atoms with E-state index in [1.54, 1.807) is 20.3 Å². The van der Waals surface area contributed by atoms with Crippen LogP contribution in [0.3, 0.4) is 0 Å². The van der Waals surface area contributed by atoms with E-state index in [-0.39, 0.29) is 6.29 Å². The van der Waals surface area contributed by atoms with Crippen LogP contribution in [0.15, 0.2) is 12.2 Å². The molecule has 0 bridgehead atoms. The first kappa shape index (κ1) is 11.2. The molecule has 0 amide bonds. The zero-order chi connectivity index (χ0) is 10.4. The summed E-state index contributed by atoms with van der Waals surface area (Å²) >= 11 is 0. The Morgan fingerprint density at radius 1 is 1.36 bits per heavy atom. The first-order valence-corrected chi connectivity index (χ1v) is 4.93. The molecule has 0 spiro atoms. The summed E-state index contributed by atoms with van der Waals surface area (Å²) in [6.07, 6.45) is 6.78. The van der Waals surface area contributed by atoms with E-state index in [4.69, 9.17) is 14.7 Å². The minimum atomic E-state index is -0.0875. The molecule has 1 fully saturated rings. The van der Waals surface area contributed by atoms with Gasteiger partial charge in [0.05, 0.1) is 6.07 Å². The van der Waals surface area contributed by atoms with Crippen molar-refractivity contribution in [2.45, 2.75) is 25.6 Å². The lowest BCUT2D eigenvalue weighted by Gasteiger charge is -2.19. The maximum Gasteiger partial charge on any atom is 0.159 e. The van der Waals surface area contributed by atoms with Gasteiger partial charge in [-0.15, -0.1) is 0 Å². The monoisotopic (exact) mass is 195 g/mol. The van der Waals surface area contributed by atoms with Gasteiger partial charge in [-0.2, -0.15) is 5.26 Å². The highest BCUT2D eigenvalue weighted by molar-refractivity contribution is 5.05. The Bertz CT molecular complexity index is 228. The van der Waals surface area contributed by atoms with Crippen molar-refractivity contribution in [1.29, 1.82) is 5.26 Å². The number of rotatable bonds is 4. The summed E-state index contributed by atoms with van der Waals surface area (Å²) in [7, 11) is 3.35. The van der Waals surface area contributed by atoms with Crippen LogP contribution in [0.5, 0.6) is 0 Å². The molecule has 0 aromatic rings. The molecule has 1 aliphatic rings. The number of hydrogen-bond acceptors (Lipinski definition) is 3. The van der Waals surface area contributed by atoms with Gasteiger partial charge in [-0.05, 0) is 25.2 Å². The number of hydrogen-bond donors (Lipinski definition) is 0. The maximum atomic E-state index is 8.41. The predicted molar refractivity (Wildman–Crippen MR) is 53.4 cm³/mol. The summed E-state index contributed by atoms with van der Waals surface area (Å²) in [4.78, 5) is 0. The van der Waals surface area contributed by atoms with Gasteiger partial charge in [0, 0.05) is 26.2 Å². The average molecular weight is 195 g/mol. The zero-order valence-electron chi connectivity index (χ0n) is 8.77. The summed E-state index contributed by atoms with van der Waals surface area (Å²) in [5.74, 6) is 0.991. The van der Waals surface area contributed by atoms with Gasteiger partial charge in [0.2, 0.25) is 0 Å². The lowest BCUT2D eigenvalue weighted by molar-refractivity contribution is -0.135. The van der Waals surface area contributed by atoms with E-state index >= 15 is 0 Å². The number of methoxy groups -OCH3 is 2. The molecule has 1 rings (SSSR count). The van der Waals surface area contributed by atoms with Crippen LogP contribution in [-0.2, 0) is 9.47 Å². The number of nitriles is 1. The fraction of sp³-hybridized carbons (Fsp3) is 0.727. The molecule has 0 aromatic carbocycles. The largest absolute Gasteiger partial charge is 0.356 e. The van der Waals surface area contributed by atoms with Crippen molar-refractivity contribution in [2.24, 2.45) is 11.8 Å². The topological polar surface area (TPSA) is 42.2 Å². The third kappa shape index (κ3) is 2.83. The highest BCUT2D eigenvalue weighted by atomic mass is 16.7. The standard InChI is InChI=1S/C11H17NO2/c1-13-11(14-2)10-6-5-9(8-10)4-3-7-12/h3-4,9-11H,5-6,8H2,1-2H3/b4-3-. The Kier molecular flexibility index (Phi) is 4.64. The Morgan fingerprint density at radius 3 is 2.64 bits per heavy atom. The van der Waals surface area contributed by atoms with Crippen molar-refractivity contribution in [3.05, 3.63) is 12.2 Å². The molecular formula is C11H17NO2. The van der Waals surface area contributed by atoms with Gasteiger partial charge >= 0.3 is 0 Å². The van der Waals surface area contributed by atoms with Crippen LogP contribution < -0.4 is 0 Å². The zero-order valence-corrected chi connectivity index (χ0v) is 8.77. The Hall–Kier alpha value is -0.850. The molecule has 1 aliphatic carbocycles. The second-order valence-electron chi connectivity index (χ2n) is 3.66. The molecule has 0 aliphatic heterocycles. The van der Waals surface area contributed by atoms with Crippen LogP contribution in [0, 0.1) is 23.2 Å². The van der Waals surface area contributed by atoms with Crippen LogP contribution in [0.2, 0.25) is 0 Å². The summed E-state index contributed by atoms with van der Waals surface area (Å²) < 4.78 is 10.4. The van der Waals surface area contributed by atoms with Gasteiger partial charge in [-0.3, -0.25) is 0 Å². The smallest absolute Gasteiger partial charge is 0.159 e. The van der Waals surface area contributed by atoms with E-state index < -0.39 is 0 Å². The molecule has 2 atom stereocenters. The van der Waals surface area contributed by atoms with Crippen LogP contribution in [0.25, 0.3) is 0 Å². The van der Waals surface area contributed by atoms with Crippen molar-refractivity contribution in [1.82, 2.24) is 0 Å². The van der Waals surface area contributed by atoms with Crippen LogP contribution in [0.4, 0.5) is 0 Å². The summed E-state index contributed by atoms with van der Waals surface area (Å²) in [5, 5.41) is 8.41. The lowest BCUT2D eigenvalue weighted by atomic mass is 10.0.